The molecule has 1 aliphatic heterocycles. The van der Waals surface area contributed by atoms with Crippen LogP contribution in [0.15, 0.2) is 0 Å². The van der Waals surface area contributed by atoms with Crippen molar-refractivity contribution >= 4 is 11.9 Å². The number of methoxy groups -OCH3 is 1. The number of ether oxygens (including phenoxy) is 1. The molecule has 0 aliphatic carbocycles. The van der Waals surface area contributed by atoms with Crippen molar-refractivity contribution in [1.82, 2.24) is 9.80 Å². The molecule has 0 radical (unpaired) electrons. The number of nitrogens with zero attached hydrogens (tertiary/aromatic N) is 2. The first-order chi connectivity index (χ1) is 8.62. The van der Waals surface area contributed by atoms with Gasteiger partial charge < -0.3 is 15.4 Å². The zero-order valence-corrected chi connectivity index (χ0v) is 11.2. The van der Waals surface area contributed by atoms with Crippen LogP contribution in [0.1, 0.15) is 13.3 Å². The summed E-state index contributed by atoms with van der Waals surface area (Å²) >= 11 is 0. The number of carbonyl (C=O) groups is 2. The van der Waals surface area contributed by atoms with E-state index in [1.165, 1.54) is 7.11 Å². The van der Waals surface area contributed by atoms with Crippen LogP contribution in [0.3, 0.4) is 0 Å². The quantitative estimate of drug-likeness (QED) is 0.658. The highest BCUT2D eigenvalue weighted by Gasteiger charge is 2.26. The summed E-state index contributed by atoms with van der Waals surface area (Å²) in [7, 11) is 1.38. The lowest BCUT2D eigenvalue weighted by Gasteiger charge is -2.35. The first kappa shape index (κ1) is 14.9. The van der Waals surface area contributed by atoms with Gasteiger partial charge in [-0.2, -0.15) is 0 Å². The third-order valence-electron chi connectivity index (χ3n) is 3.39. The molecule has 0 bridgehead atoms. The number of rotatable bonds is 5. The van der Waals surface area contributed by atoms with Gasteiger partial charge in [0, 0.05) is 32.7 Å². The van der Waals surface area contributed by atoms with Crippen molar-refractivity contribution in [1.29, 1.82) is 0 Å². The Bertz CT molecular complexity index is 284. The molecule has 1 fully saturated rings. The van der Waals surface area contributed by atoms with Gasteiger partial charge in [-0.15, -0.1) is 0 Å². The number of nitrogens with two attached hydrogens (primary N) is 1. The maximum Gasteiger partial charge on any atom is 0.319 e. The molecule has 104 valence electrons. The van der Waals surface area contributed by atoms with Gasteiger partial charge in [-0.1, -0.05) is 6.92 Å². The molecule has 0 aromatic heterocycles. The smallest absolute Gasteiger partial charge is 0.319 e. The van der Waals surface area contributed by atoms with E-state index in [-0.39, 0.29) is 17.8 Å². The van der Waals surface area contributed by atoms with Crippen molar-refractivity contribution in [3.63, 3.8) is 0 Å². The van der Waals surface area contributed by atoms with Gasteiger partial charge in [-0.05, 0) is 6.42 Å². The van der Waals surface area contributed by atoms with E-state index in [1.54, 1.807) is 0 Å². The number of hydrogen-bond donors (Lipinski definition) is 1. The SMILES string of the molecule is CCC(CN)C(=O)N1CCN(CC(=O)OC)CC1. The Morgan fingerprint density at radius 3 is 2.33 bits per heavy atom. The predicted molar refractivity (Wildman–Crippen MR) is 67.9 cm³/mol. The molecule has 1 rings (SSSR count). The summed E-state index contributed by atoms with van der Waals surface area (Å²) in [4.78, 5) is 27.1. The molecule has 6 heteroatoms. The van der Waals surface area contributed by atoms with Crippen molar-refractivity contribution < 1.29 is 14.3 Å². The molecule has 1 unspecified atom stereocenters. The number of hydrogen-bond acceptors (Lipinski definition) is 5. The number of piperazine rings is 1. The Labute approximate surface area is 108 Å². The Balaban J connectivity index is 2.39. The number of esters is 1. The lowest BCUT2D eigenvalue weighted by molar-refractivity contribution is -0.143. The largest absolute Gasteiger partial charge is 0.468 e. The summed E-state index contributed by atoms with van der Waals surface area (Å²) in [6, 6.07) is 0. The minimum Gasteiger partial charge on any atom is -0.468 e. The van der Waals surface area contributed by atoms with Crippen LogP contribution in [0.4, 0.5) is 0 Å². The topological polar surface area (TPSA) is 75.9 Å². The molecule has 1 atom stereocenters. The van der Waals surface area contributed by atoms with Crippen LogP contribution in [0.2, 0.25) is 0 Å². The Morgan fingerprint density at radius 2 is 1.89 bits per heavy atom. The van der Waals surface area contributed by atoms with Gasteiger partial charge in [0.05, 0.1) is 19.6 Å². The summed E-state index contributed by atoms with van der Waals surface area (Å²) in [5.74, 6) is -0.168. The van der Waals surface area contributed by atoms with E-state index in [4.69, 9.17) is 5.73 Å². The van der Waals surface area contributed by atoms with Crippen molar-refractivity contribution in [2.45, 2.75) is 13.3 Å². The maximum absolute atomic E-state index is 12.1. The van der Waals surface area contributed by atoms with Gasteiger partial charge in [0.25, 0.3) is 0 Å². The van der Waals surface area contributed by atoms with Crippen molar-refractivity contribution in [3.8, 4) is 0 Å². The van der Waals surface area contributed by atoms with Gasteiger partial charge >= 0.3 is 5.97 Å². The fourth-order valence-corrected chi connectivity index (χ4v) is 2.07. The highest BCUT2D eigenvalue weighted by Crippen LogP contribution is 2.09. The van der Waals surface area contributed by atoms with E-state index in [9.17, 15) is 9.59 Å². The molecule has 1 heterocycles. The minimum atomic E-state index is -0.233. The van der Waals surface area contributed by atoms with E-state index in [0.717, 1.165) is 6.42 Å². The van der Waals surface area contributed by atoms with Gasteiger partial charge in [0.2, 0.25) is 5.91 Å². The summed E-state index contributed by atoms with van der Waals surface area (Å²) in [6.45, 7) is 5.41. The molecule has 0 spiro atoms. The van der Waals surface area contributed by atoms with Crippen LogP contribution in [-0.2, 0) is 14.3 Å². The average molecular weight is 257 g/mol. The highest BCUT2D eigenvalue weighted by molar-refractivity contribution is 5.79. The third kappa shape index (κ3) is 3.96. The van der Waals surface area contributed by atoms with E-state index < -0.39 is 0 Å². The van der Waals surface area contributed by atoms with Gasteiger partial charge in [0.15, 0.2) is 0 Å². The Kier molecular flexibility index (Phi) is 6.07. The standard InChI is InChI=1S/C12H23N3O3/c1-3-10(8-13)12(17)15-6-4-14(5-7-15)9-11(16)18-2/h10H,3-9,13H2,1-2H3. The van der Waals surface area contributed by atoms with E-state index in [2.05, 4.69) is 4.74 Å². The predicted octanol–water partition coefficient (Wildman–Crippen LogP) is -0.711. The van der Waals surface area contributed by atoms with Crippen molar-refractivity contribution in [2.75, 3.05) is 46.4 Å². The van der Waals surface area contributed by atoms with Crippen LogP contribution in [0, 0.1) is 5.92 Å². The van der Waals surface area contributed by atoms with E-state index >= 15 is 0 Å². The van der Waals surface area contributed by atoms with E-state index in [0.29, 0.717) is 39.3 Å². The monoisotopic (exact) mass is 257 g/mol. The van der Waals surface area contributed by atoms with Crippen LogP contribution in [0.25, 0.3) is 0 Å². The summed E-state index contributed by atoms with van der Waals surface area (Å²) in [5, 5.41) is 0. The summed E-state index contributed by atoms with van der Waals surface area (Å²) < 4.78 is 4.62. The molecule has 0 aromatic carbocycles. The van der Waals surface area contributed by atoms with Gasteiger partial charge in [-0.25, -0.2) is 0 Å². The van der Waals surface area contributed by atoms with Crippen LogP contribution in [-0.4, -0.2) is 68.1 Å². The highest BCUT2D eigenvalue weighted by atomic mass is 16.5. The third-order valence-corrected chi connectivity index (χ3v) is 3.39. The Morgan fingerprint density at radius 1 is 1.28 bits per heavy atom. The zero-order valence-electron chi connectivity index (χ0n) is 11.2. The van der Waals surface area contributed by atoms with Crippen LogP contribution >= 0.6 is 0 Å². The van der Waals surface area contributed by atoms with E-state index in [1.807, 2.05) is 16.7 Å². The zero-order chi connectivity index (χ0) is 13.5. The lowest BCUT2D eigenvalue weighted by Crippen LogP contribution is -2.52. The minimum absolute atomic E-state index is 0.0721. The second kappa shape index (κ2) is 7.33. The van der Waals surface area contributed by atoms with Gasteiger partial charge in [-0.3, -0.25) is 14.5 Å². The fraction of sp³-hybridized carbons (Fsp3) is 0.833. The average Bonchev–Trinajstić information content (AvgIpc) is 2.40. The molecule has 6 nitrogen and oxygen atoms in total. The molecule has 1 amide bonds. The van der Waals surface area contributed by atoms with Crippen molar-refractivity contribution in [3.05, 3.63) is 0 Å². The molecule has 2 N–H and O–H groups in total. The molecule has 1 saturated heterocycles. The summed E-state index contributed by atoms with van der Waals surface area (Å²) in [5.41, 5.74) is 5.58. The molecule has 0 saturated carbocycles. The van der Waals surface area contributed by atoms with Crippen LogP contribution in [0.5, 0.6) is 0 Å². The number of carbonyl (C=O) groups excluding carboxylic acids is 2. The number of amides is 1. The normalized spacial score (nSPS) is 18.5. The van der Waals surface area contributed by atoms with Crippen LogP contribution < -0.4 is 5.73 Å². The first-order valence-corrected chi connectivity index (χ1v) is 6.40. The molecule has 0 aromatic rings. The Hall–Kier alpha value is -1.14. The lowest BCUT2D eigenvalue weighted by atomic mass is 10.0. The molecular weight excluding hydrogens is 234 g/mol. The molecular formula is C12H23N3O3. The van der Waals surface area contributed by atoms with Gasteiger partial charge in [0.1, 0.15) is 0 Å². The maximum atomic E-state index is 12.1. The first-order valence-electron chi connectivity index (χ1n) is 6.40. The molecule has 1 aliphatic rings. The second-order valence-electron chi connectivity index (χ2n) is 4.52. The summed E-state index contributed by atoms with van der Waals surface area (Å²) in [6.07, 6.45) is 0.776. The fourth-order valence-electron chi connectivity index (χ4n) is 2.07. The van der Waals surface area contributed by atoms with Crippen molar-refractivity contribution in [2.24, 2.45) is 11.7 Å². The molecule has 18 heavy (non-hydrogen) atoms. The second-order valence-corrected chi connectivity index (χ2v) is 4.52.